The van der Waals surface area contributed by atoms with E-state index in [1.165, 1.54) is 12.1 Å². The number of benzene rings is 1. The predicted molar refractivity (Wildman–Crippen MR) is 59.0 cm³/mol. The molecule has 0 spiro atoms. The maximum atomic E-state index is 11.3. The second-order valence-electron chi connectivity index (χ2n) is 2.42. The summed E-state index contributed by atoms with van der Waals surface area (Å²) in [5.74, 6) is -0.564. The van der Waals surface area contributed by atoms with Crippen molar-refractivity contribution in [2.24, 2.45) is 0 Å². The van der Waals surface area contributed by atoms with Gasteiger partial charge in [0.25, 0.3) is 5.91 Å². The van der Waals surface area contributed by atoms with Crippen molar-refractivity contribution in [3.63, 3.8) is 0 Å². The van der Waals surface area contributed by atoms with Gasteiger partial charge in [-0.05, 0) is 12.1 Å². The number of phenols is 1. The van der Waals surface area contributed by atoms with E-state index in [-0.39, 0.29) is 21.3 Å². The molecule has 0 unspecified atom stereocenters. The van der Waals surface area contributed by atoms with Crippen molar-refractivity contribution in [2.45, 2.75) is 0 Å². The Kier molecular flexibility index (Phi) is 5.77. The van der Waals surface area contributed by atoms with E-state index in [1.54, 1.807) is 12.1 Å². The Morgan fingerprint density at radius 3 is 2.47 bits per heavy atom. The zero-order valence-electron chi connectivity index (χ0n) is 7.50. The molecule has 0 atom stereocenters. The average Bonchev–Trinajstić information content (AvgIpc) is 2.15. The van der Waals surface area contributed by atoms with Gasteiger partial charge < -0.3 is 15.9 Å². The smallest absolute Gasteiger partial charge is 0.259 e. The summed E-state index contributed by atoms with van der Waals surface area (Å²) in [5, 5.41) is 11.6. The van der Waals surface area contributed by atoms with Gasteiger partial charge in [0.05, 0.1) is 5.56 Å². The van der Waals surface area contributed by atoms with Crippen LogP contribution in [-0.4, -0.2) is 16.5 Å². The van der Waals surface area contributed by atoms with E-state index in [2.05, 4.69) is 5.32 Å². The molecule has 0 bridgehead atoms. The highest BCUT2D eigenvalue weighted by Crippen LogP contribution is 2.15. The first-order chi connectivity index (χ1) is 6.61. The number of phenolic OH excluding ortho intramolecular Hbond substituents is 1. The minimum absolute atomic E-state index is 0. The van der Waals surface area contributed by atoms with Gasteiger partial charge in [-0.2, -0.15) is 0 Å². The minimum atomic E-state index is -0.470. The molecule has 1 amide bonds. The highest BCUT2D eigenvalue weighted by atomic mass is 35.5. The molecule has 0 fully saturated rings. The van der Waals surface area contributed by atoms with Gasteiger partial charge in [-0.3, -0.25) is 4.79 Å². The molecule has 1 aromatic rings. The third kappa shape index (κ3) is 4.20. The van der Waals surface area contributed by atoms with E-state index < -0.39 is 5.91 Å². The molecule has 1 aromatic carbocycles. The van der Waals surface area contributed by atoms with Gasteiger partial charge in [0.1, 0.15) is 10.2 Å². The minimum Gasteiger partial charge on any atom is -0.507 e. The Balaban J connectivity index is 0.00000196. The van der Waals surface area contributed by atoms with E-state index in [0.29, 0.717) is 0 Å². The summed E-state index contributed by atoms with van der Waals surface area (Å²) in [5.41, 5.74) is 0.165. The van der Waals surface area contributed by atoms with Crippen LogP contribution in [0, 0.1) is 0 Å². The van der Waals surface area contributed by atoms with Crippen LogP contribution in [0.15, 0.2) is 35.0 Å². The molecular weight excluding hydrogens is 241 g/mol. The van der Waals surface area contributed by atoms with Crippen molar-refractivity contribution in [1.82, 2.24) is 5.32 Å². The summed E-state index contributed by atoms with van der Waals surface area (Å²) in [7, 11) is 0. The molecule has 0 aliphatic rings. The second-order valence-corrected chi connectivity index (χ2v) is 3.43. The van der Waals surface area contributed by atoms with E-state index >= 15 is 0 Å². The largest absolute Gasteiger partial charge is 0.507 e. The van der Waals surface area contributed by atoms with Crippen LogP contribution in [0.4, 0.5) is 0 Å². The number of rotatable bonds is 2. The number of halogens is 2. The molecule has 0 radical (unpaired) electrons. The number of amides is 1. The van der Waals surface area contributed by atoms with Crippen molar-refractivity contribution in [2.75, 3.05) is 0 Å². The van der Waals surface area contributed by atoms with Crippen LogP contribution in [0.25, 0.3) is 0 Å². The van der Waals surface area contributed by atoms with Gasteiger partial charge in [-0.1, -0.05) is 35.3 Å². The lowest BCUT2D eigenvalue weighted by Gasteiger charge is -2.01. The van der Waals surface area contributed by atoms with Gasteiger partial charge in [-0.15, -0.1) is 0 Å². The van der Waals surface area contributed by atoms with Crippen molar-refractivity contribution < 1.29 is 15.4 Å². The molecular formula is C9H9Cl2NO3. The summed E-state index contributed by atoms with van der Waals surface area (Å²) in [6.07, 6.45) is 1.14. The third-order valence-corrected chi connectivity index (χ3v) is 1.68. The Labute approximate surface area is 96.4 Å². The van der Waals surface area contributed by atoms with E-state index in [9.17, 15) is 9.90 Å². The van der Waals surface area contributed by atoms with Crippen LogP contribution < -0.4 is 5.32 Å². The van der Waals surface area contributed by atoms with Gasteiger partial charge >= 0.3 is 0 Å². The summed E-state index contributed by atoms with van der Waals surface area (Å²) < 4.78 is -0.0613. The molecule has 0 saturated heterocycles. The van der Waals surface area contributed by atoms with E-state index in [4.69, 9.17) is 23.2 Å². The number of aromatic hydroxyl groups is 1. The Hall–Kier alpha value is -1.23. The molecule has 1 rings (SSSR count). The maximum absolute atomic E-state index is 11.3. The molecule has 0 aliphatic carbocycles. The fourth-order valence-corrected chi connectivity index (χ4v) is 0.973. The zero-order valence-corrected chi connectivity index (χ0v) is 9.01. The summed E-state index contributed by atoms with van der Waals surface area (Å²) in [6.45, 7) is 0. The summed E-state index contributed by atoms with van der Waals surface area (Å²) in [4.78, 5) is 11.3. The topological polar surface area (TPSA) is 80.8 Å². The van der Waals surface area contributed by atoms with Crippen molar-refractivity contribution in [3.05, 3.63) is 40.5 Å². The summed E-state index contributed by atoms with van der Waals surface area (Å²) >= 11 is 10.6. The number of carbonyl (C=O) groups is 1. The number of hydrogen-bond acceptors (Lipinski definition) is 2. The van der Waals surface area contributed by atoms with E-state index in [0.717, 1.165) is 6.20 Å². The first kappa shape index (κ1) is 13.8. The molecule has 0 aromatic heterocycles. The van der Waals surface area contributed by atoms with Crippen molar-refractivity contribution in [3.8, 4) is 5.75 Å². The normalized spacial score (nSPS) is 8.67. The van der Waals surface area contributed by atoms with Gasteiger partial charge in [0.15, 0.2) is 0 Å². The molecule has 4 nitrogen and oxygen atoms in total. The number of para-hydroxylation sites is 1. The lowest BCUT2D eigenvalue weighted by molar-refractivity contribution is 0.0967. The van der Waals surface area contributed by atoms with Gasteiger partial charge in [-0.25, -0.2) is 0 Å². The standard InChI is InChI=1S/C9H7Cl2NO2.H2O/c10-8(11)5-12-9(14)6-3-1-2-4-7(6)13;/h1-5,13H,(H,12,14);1H2. The number of carbonyl (C=O) groups excluding carboxylic acids is 1. The third-order valence-electron chi connectivity index (χ3n) is 1.46. The highest BCUT2D eigenvalue weighted by molar-refractivity contribution is 6.55. The lowest BCUT2D eigenvalue weighted by Crippen LogP contribution is -2.17. The Morgan fingerprint density at radius 1 is 1.33 bits per heavy atom. The second kappa shape index (κ2) is 6.29. The molecule has 0 aliphatic heterocycles. The van der Waals surface area contributed by atoms with Crippen LogP contribution in [0.5, 0.6) is 5.75 Å². The predicted octanol–water partition coefficient (Wildman–Crippen LogP) is 1.57. The monoisotopic (exact) mass is 249 g/mol. The van der Waals surface area contributed by atoms with Crippen LogP contribution in [0.3, 0.4) is 0 Å². The quantitative estimate of drug-likeness (QED) is 0.835. The van der Waals surface area contributed by atoms with E-state index in [1.807, 2.05) is 0 Å². The number of nitrogens with one attached hydrogen (secondary N) is 1. The lowest BCUT2D eigenvalue weighted by atomic mass is 10.2. The number of hydrogen-bond donors (Lipinski definition) is 2. The molecule has 4 N–H and O–H groups in total. The molecule has 0 saturated carbocycles. The Morgan fingerprint density at radius 2 is 1.93 bits per heavy atom. The van der Waals surface area contributed by atoms with Crippen LogP contribution in [-0.2, 0) is 0 Å². The average molecular weight is 250 g/mol. The fraction of sp³-hybridized carbons (Fsp3) is 0. The highest BCUT2D eigenvalue weighted by Gasteiger charge is 2.07. The van der Waals surface area contributed by atoms with Crippen LogP contribution in [0.2, 0.25) is 0 Å². The SMILES string of the molecule is O.O=C(NC=C(Cl)Cl)c1ccccc1O. The Bertz CT molecular complexity index is 375. The zero-order chi connectivity index (χ0) is 10.6. The maximum Gasteiger partial charge on any atom is 0.259 e. The molecule has 6 heteroatoms. The van der Waals surface area contributed by atoms with Crippen LogP contribution >= 0.6 is 23.2 Å². The summed E-state index contributed by atoms with van der Waals surface area (Å²) in [6, 6.07) is 6.17. The first-order valence-electron chi connectivity index (χ1n) is 3.71. The fourth-order valence-electron chi connectivity index (χ4n) is 0.864. The van der Waals surface area contributed by atoms with Gasteiger partial charge in [0, 0.05) is 6.20 Å². The van der Waals surface area contributed by atoms with Crippen molar-refractivity contribution >= 4 is 29.1 Å². The molecule has 82 valence electrons. The van der Waals surface area contributed by atoms with Crippen LogP contribution in [0.1, 0.15) is 10.4 Å². The molecule has 0 heterocycles. The van der Waals surface area contributed by atoms with Gasteiger partial charge in [0.2, 0.25) is 0 Å². The van der Waals surface area contributed by atoms with Crippen molar-refractivity contribution in [1.29, 1.82) is 0 Å². The first-order valence-corrected chi connectivity index (χ1v) is 4.47. The molecule has 15 heavy (non-hydrogen) atoms.